The van der Waals surface area contributed by atoms with Crippen LogP contribution in [0.15, 0.2) is 24.3 Å². The van der Waals surface area contributed by atoms with Gasteiger partial charge >= 0.3 is 0 Å². The van der Waals surface area contributed by atoms with Crippen LogP contribution in [-0.4, -0.2) is 38.0 Å². The van der Waals surface area contributed by atoms with Gasteiger partial charge in [-0.05, 0) is 30.7 Å². The number of hydrogen-bond acceptors (Lipinski definition) is 4. The fraction of sp³-hybridized carbons (Fsp3) is 0.571. The number of likely N-dealkylation sites (N-methyl/N-ethyl adjacent to an activating group) is 1. The fourth-order valence-corrected chi connectivity index (χ4v) is 1.76. The van der Waals surface area contributed by atoms with Crippen LogP contribution in [0.1, 0.15) is 18.9 Å². The molecule has 1 aromatic rings. The van der Waals surface area contributed by atoms with Crippen molar-refractivity contribution in [2.24, 2.45) is 0 Å². The third kappa shape index (κ3) is 5.49. The maximum absolute atomic E-state index is 9.13. The Morgan fingerprint density at radius 1 is 1.39 bits per heavy atom. The zero-order chi connectivity index (χ0) is 13.2. The summed E-state index contributed by atoms with van der Waals surface area (Å²) in [5.74, 6) is 0.845. The Morgan fingerprint density at radius 3 is 2.89 bits per heavy atom. The maximum atomic E-state index is 9.13. The van der Waals surface area contributed by atoms with Crippen molar-refractivity contribution in [3.63, 3.8) is 0 Å². The molecule has 0 amide bonds. The van der Waals surface area contributed by atoms with Crippen molar-refractivity contribution in [1.29, 1.82) is 0 Å². The molecule has 0 aliphatic carbocycles. The van der Waals surface area contributed by atoms with E-state index in [1.54, 1.807) is 7.11 Å². The summed E-state index contributed by atoms with van der Waals surface area (Å²) in [5.41, 5.74) is 1.10. The second-order valence-electron chi connectivity index (χ2n) is 4.15. The molecule has 1 atom stereocenters. The van der Waals surface area contributed by atoms with Crippen LogP contribution in [0.5, 0.6) is 5.75 Å². The average molecular weight is 253 g/mol. The highest BCUT2D eigenvalue weighted by Crippen LogP contribution is 2.14. The van der Waals surface area contributed by atoms with Crippen LogP contribution in [-0.2, 0) is 11.3 Å². The van der Waals surface area contributed by atoms with Gasteiger partial charge in [-0.3, -0.25) is 0 Å². The fourth-order valence-electron chi connectivity index (χ4n) is 1.76. The first-order valence-corrected chi connectivity index (χ1v) is 6.35. The second kappa shape index (κ2) is 8.91. The molecular weight excluding hydrogens is 230 g/mol. The van der Waals surface area contributed by atoms with Gasteiger partial charge in [0.2, 0.25) is 0 Å². The number of nitrogens with one attached hydrogen (secondary N) is 1. The van der Waals surface area contributed by atoms with Gasteiger partial charge in [0.15, 0.2) is 0 Å². The molecule has 0 bridgehead atoms. The van der Waals surface area contributed by atoms with Crippen molar-refractivity contribution in [2.45, 2.75) is 26.0 Å². The largest absolute Gasteiger partial charge is 0.494 e. The monoisotopic (exact) mass is 253 g/mol. The summed E-state index contributed by atoms with van der Waals surface area (Å²) in [7, 11) is 1.68. The Bertz CT molecular complexity index is 331. The molecule has 1 unspecified atom stereocenters. The highest BCUT2D eigenvalue weighted by atomic mass is 16.5. The SMILES string of the molecule is CCNC(CO)CCOc1cccc(COC)c1. The molecule has 0 radical (unpaired) electrons. The molecule has 0 aliphatic heterocycles. The molecule has 0 spiro atoms. The van der Waals surface area contributed by atoms with Crippen LogP contribution in [0.25, 0.3) is 0 Å². The van der Waals surface area contributed by atoms with E-state index in [0.29, 0.717) is 13.2 Å². The van der Waals surface area contributed by atoms with Crippen molar-refractivity contribution in [3.8, 4) is 5.75 Å². The molecule has 2 N–H and O–H groups in total. The first kappa shape index (κ1) is 15.0. The molecule has 1 rings (SSSR count). The Balaban J connectivity index is 2.36. The molecule has 0 heterocycles. The van der Waals surface area contributed by atoms with Crippen LogP contribution >= 0.6 is 0 Å². The van der Waals surface area contributed by atoms with Crippen molar-refractivity contribution in [1.82, 2.24) is 5.32 Å². The molecule has 0 aromatic heterocycles. The van der Waals surface area contributed by atoms with Gasteiger partial charge in [0.05, 0.1) is 19.8 Å². The standard InChI is InChI=1S/C14H23NO3/c1-3-15-13(10-16)7-8-18-14-6-4-5-12(9-14)11-17-2/h4-6,9,13,15-16H,3,7-8,10-11H2,1-2H3. The number of hydrogen-bond donors (Lipinski definition) is 2. The first-order chi connectivity index (χ1) is 8.80. The lowest BCUT2D eigenvalue weighted by molar-refractivity contribution is 0.184. The number of rotatable bonds is 9. The van der Waals surface area contributed by atoms with Crippen LogP contribution < -0.4 is 10.1 Å². The molecule has 4 nitrogen and oxygen atoms in total. The van der Waals surface area contributed by atoms with Gasteiger partial charge in [0, 0.05) is 13.2 Å². The van der Waals surface area contributed by atoms with E-state index in [-0.39, 0.29) is 12.6 Å². The number of aliphatic hydroxyl groups is 1. The minimum atomic E-state index is 0.108. The minimum absolute atomic E-state index is 0.108. The summed E-state index contributed by atoms with van der Waals surface area (Å²) in [5, 5.41) is 12.3. The van der Waals surface area contributed by atoms with Gasteiger partial charge < -0.3 is 19.9 Å². The van der Waals surface area contributed by atoms with Gasteiger partial charge in [0.25, 0.3) is 0 Å². The number of methoxy groups -OCH3 is 1. The quantitative estimate of drug-likeness (QED) is 0.701. The van der Waals surface area contributed by atoms with Gasteiger partial charge in [-0.25, -0.2) is 0 Å². The predicted molar refractivity (Wildman–Crippen MR) is 71.8 cm³/mol. The van der Waals surface area contributed by atoms with E-state index in [1.807, 2.05) is 31.2 Å². The minimum Gasteiger partial charge on any atom is -0.494 e. The van der Waals surface area contributed by atoms with E-state index in [0.717, 1.165) is 24.3 Å². The summed E-state index contributed by atoms with van der Waals surface area (Å²) in [6, 6.07) is 7.98. The summed E-state index contributed by atoms with van der Waals surface area (Å²) < 4.78 is 10.7. The lowest BCUT2D eigenvalue weighted by atomic mass is 10.2. The highest BCUT2D eigenvalue weighted by molar-refractivity contribution is 5.28. The maximum Gasteiger partial charge on any atom is 0.119 e. The molecule has 1 aromatic carbocycles. The van der Waals surface area contributed by atoms with Crippen molar-refractivity contribution < 1.29 is 14.6 Å². The van der Waals surface area contributed by atoms with Gasteiger partial charge in [-0.1, -0.05) is 19.1 Å². The molecule has 18 heavy (non-hydrogen) atoms. The first-order valence-electron chi connectivity index (χ1n) is 6.35. The predicted octanol–water partition coefficient (Wildman–Crippen LogP) is 1.57. The Labute approximate surface area is 109 Å². The molecule has 0 fully saturated rings. The molecular formula is C14H23NO3. The van der Waals surface area contributed by atoms with Crippen LogP contribution in [0.4, 0.5) is 0 Å². The van der Waals surface area contributed by atoms with Crippen molar-refractivity contribution >= 4 is 0 Å². The van der Waals surface area contributed by atoms with Crippen LogP contribution in [0.2, 0.25) is 0 Å². The molecule has 4 heteroatoms. The average Bonchev–Trinajstić information content (AvgIpc) is 2.38. The Hall–Kier alpha value is -1.10. The number of ether oxygens (including phenoxy) is 2. The molecule has 102 valence electrons. The third-order valence-electron chi connectivity index (χ3n) is 2.66. The van der Waals surface area contributed by atoms with E-state index in [1.165, 1.54) is 0 Å². The molecule has 0 saturated heterocycles. The van der Waals surface area contributed by atoms with E-state index < -0.39 is 0 Å². The normalized spacial score (nSPS) is 12.4. The second-order valence-corrected chi connectivity index (χ2v) is 4.15. The highest BCUT2D eigenvalue weighted by Gasteiger charge is 2.05. The topological polar surface area (TPSA) is 50.7 Å². The number of benzene rings is 1. The third-order valence-corrected chi connectivity index (χ3v) is 2.66. The summed E-state index contributed by atoms with van der Waals surface area (Å²) >= 11 is 0. The zero-order valence-corrected chi connectivity index (χ0v) is 11.2. The number of aliphatic hydroxyl groups excluding tert-OH is 1. The molecule has 0 saturated carbocycles. The molecule has 0 aliphatic rings. The van der Waals surface area contributed by atoms with E-state index >= 15 is 0 Å². The lowest BCUT2D eigenvalue weighted by Crippen LogP contribution is -2.33. The summed E-state index contributed by atoms with van der Waals surface area (Å²) in [4.78, 5) is 0. The van der Waals surface area contributed by atoms with E-state index in [4.69, 9.17) is 14.6 Å². The van der Waals surface area contributed by atoms with Crippen molar-refractivity contribution in [3.05, 3.63) is 29.8 Å². The van der Waals surface area contributed by atoms with Gasteiger partial charge in [-0.2, -0.15) is 0 Å². The van der Waals surface area contributed by atoms with E-state index in [9.17, 15) is 0 Å². The summed E-state index contributed by atoms with van der Waals surface area (Å²) in [6.45, 7) is 4.20. The van der Waals surface area contributed by atoms with Gasteiger partial charge in [-0.15, -0.1) is 0 Å². The van der Waals surface area contributed by atoms with Crippen LogP contribution in [0, 0.1) is 0 Å². The Morgan fingerprint density at radius 2 is 2.22 bits per heavy atom. The lowest BCUT2D eigenvalue weighted by Gasteiger charge is -2.15. The van der Waals surface area contributed by atoms with E-state index in [2.05, 4.69) is 5.32 Å². The smallest absolute Gasteiger partial charge is 0.119 e. The Kier molecular flexibility index (Phi) is 7.41. The van der Waals surface area contributed by atoms with Gasteiger partial charge in [0.1, 0.15) is 5.75 Å². The van der Waals surface area contributed by atoms with Crippen LogP contribution in [0.3, 0.4) is 0 Å². The summed E-state index contributed by atoms with van der Waals surface area (Å²) in [6.07, 6.45) is 0.791. The van der Waals surface area contributed by atoms with Crippen molar-refractivity contribution in [2.75, 3.05) is 26.9 Å². The zero-order valence-electron chi connectivity index (χ0n) is 11.2.